The molecule has 34 heavy (non-hydrogen) atoms. The van der Waals surface area contributed by atoms with Crippen molar-refractivity contribution in [1.82, 2.24) is 15.5 Å². The molecule has 0 fully saturated rings. The second kappa shape index (κ2) is 14.2. The van der Waals surface area contributed by atoms with Gasteiger partial charge in [0, 0.05) is 18.8 Å². The minimum atomic E-state index is -1.04. The van der Waals surface area contributed by atoms with Crippen LogP contribution in [0.5, 0.6) is 0 Å². The molecule has 192 valence electrons. The SMILES string of the molecule is CCCCCNC(=O)C(c1cccc(C)c1C)N(CCO)C(=O)C(CS)NC(=O)OC(C)(C)C. The number of ether oxygens (including phenoxy) is 1. The van der Waals surface area contributed by atoms with Gasteiger partial charge in [0.15, 0.2) is 0 Å². The van der Waals surface area contributed by atoms with Crippen molar-refractivity contribution in [3.05, 3.63) is 34.9 Å². The number of aliphatic hydroxyl groups excluding tert-OH is 1. The summed E-state index contributed by atoms with van der Waals surface area (Å²) in [5.41, 5.74) is 1.80. The van der Waals surface area contributed by atoms with Gasteiger partial charge in [-0.15, -0.1) is 0 Å². The molecule has 0 saturated carbocycles. The van der Waals surface area contributed by atoms with Crippen molar-refractivity contribution in [2.45, 2.75) is 78.5 Å². The van der Waals surface area contributed by atoms with E-state index in [1.54, 1.807) is 20.8 Å². The van der Waals surface area contributed by atoms with Gasteiger partial charge in [0.1, 0.15) is 17.7 Å². The van der Waals surface area contributed by atoms with E-state index in [-0.39, 0.29) is 24.8 Å². The lowest BCUT2D eigenvalue weighted by Gasteiger charge is -2.34. The number of nitrogens with one attached hydrogen (secondary N) is 2. The van der Waals surface area contributed by atoms with Crippen molar-refractivity contribution in [3.63, 3.8) is 0 Å². The van der Waals surface area contributed by atoms with E-state index in [1.165, 1.54) is 4.90 Å². The summed E-state index contributed by atoms with van der Waals surface area (Å²) in [4.78, 5) is 40.6. The number of aryl methyl sites for hydroxylation is 1. The van der Waals surface area contributed by atoms with Crippen molar-refractivity contribution in [3.8, 4) is 0 Å². The molecule has 0 heterocycles. The lowest BCUT2D eigenvalue weighted by molar-refractivity contribution is -0.142. The van der Waals surface area contributed by atoms with Gasteiger partial charge in [-0.05, 0) is 57.7 Å². The highest BCUT2D eigenvalue weighted by atomic mass is 32.1. The molecule has 9 heteroatoms. The number of hydrogen-bond donors (Lipinski definition) is 4. The normalized spacial score (nSPS) is 13.1. The highest BCUT2D eigenvalue weighted by Crippen LogP contribution is 2.27. The second-order valence-electron chi connectivity index (χ2n) is 9.33. The van der Waals surface area contributed by atoms with Gasteiger partial charge in [-0.25, -0.2) is 4.79 Å². The fourth-order valence-corrected chi connectivity index (χ4v) is 3.76. The van der Waals surface area contributed by atoms with Crippen LogP contribution < -0.4 is 10.6 Å². The molecule has 0 aliphatic rings. The van der Waals surface area contributed by atoms with E-state index in [2.05, 4.69) is 30.2 Å². The number of benzene rings is 1. The van der Waals surface area contributed by atoms with E-state index < -0.39 is 29.7 Å². The summed E-state index contributed by atoms with van der Waals surface area (Å²) in [6, 6.07) is 3.58. The number of nitrogens with zero attached hydrogens (tertiary/aromatic N) is 1. The number of carbonyl (C=O) groups excluding carboxylic acids is 3. The number of amides is 3. The second-order valence-corrected chi connectivity index (χ2v) is 9.69. The van der Waals surface area contributed by atoms with Crippen LogP contribution in [-0.2, 0) is 14.3 Å². The summed E-state index contributed by atoms with van der Waals surface area (Å²) in [5, 5.41) is 15.3. The van der Waals surface area contributed by atoms with Crippen LogP contribution in [0, 0.1) is 13.8 Å². The molecule has 0 bridgehead atoms. The number of unbranched alkanes of at least 4 members (excludes halogenated alkanes) is 2. The van der Waals surface area contributed by atoms with Gasteiger partial charge < -0.3 is 25.4 Å². The highest BCUT2D eigenvalue weighted by molar-refractivity contribution is 7.80. The summed E-state index contributed by atoms with van der Waals surface area (Å²) >= 11 is 4.25. The Hall–Kier alpha value is -2.26. The average molecular weight is 496 g/mol. The zero-order valence-electron chi connectivity index (χ0n) is 21.3. The molecule has 0 aliphatic heterocycles. The molecule has 1 aromatic rings. The zero-order chi connectivity index (χ0) is 25.9. The summed E-state index contributed by atoms with van der Waals surface area (Å²) in [6.45, 7) is 11.2. The molecule has 2 unspecified atom stereocenters. The maximum absolute atomic E-state index is 13.6. The van der Waals surface area contributed by atoms with E-state index in [0.29, 0.717) is 12.1 Å². The van der Waals surface area contributed by atoms with E-state index in [9.17, 15) is 19.5 Å². The Kier molecular flexibility index (Phi) is 12.4. The number of hydrogen-bond acceptors (Lipinski definition) is 6. The first-order valence-electron chi connectivity index (χ1n) is 11.8. The van der Waals surface area contributed by atoms with E-state index >= 15 is 0 Å². The molecule has 0 aromatic heterocycles. The molecule has 0 saturated heterocycles. The van der Waals surface area contributed by atoms with Crippen LogP contribution in [0.25, 0.3) is 0 Å². The largest absolute Gasteiger partial charge is 0.444 e. The van der Waals surface area contributed by atoms with Gasteiger partial charge >= 0.3 is 6.09 Å². The maximum atomic E-state index is 13.6. The molecule has 0 spiro atoms. The molecule has 8 nitrogen and oxygen atoms in total. The van der Waals surface area contributed by atoms with Crippen LogP contribution in [0.1, 0.15) is 69.7 Å². The topological polar surface area (TPSA) is 108 Å². The molecule has 0 radical (unpaired) electrons. The van der Waals surface area contributed by atoms with E-state index in [0.717, 1.165) is 30.4 Å². The average Bonchev–Trinajstić information content (AvgIpc) is 2.75. The van der Waals surface area contributed by atoms with Crippen LogP contribution in [0.2, 0.25) is 0 Å². The van der Waals surface area contributed by atoms with Crippen molar-refractivity contribution in [1.29, 1.82) is 0 Å². The Morgan fingerprint density at radius 1 is 1.18 bits per heavy atom. The van der Waals surface area contributed by atoms with Crippen LogP contribution in [0.4, 0.5) is 4.79 Å². The summed E-state index contributed by atoms with van der Waals surface area (Å²) < 4.78 is 5.28. The molecule has 0 aliphatic carbocycles. The lowest BCUT2D eigenvalue weighted by Crippen LogP contribution is -2.54. The first-order chi connectivity index (χ1) is 16.0. The molecule has 1 aromatic carbocycles. The molecule has 3 amide bonds. The molecular weight excluding hydrogens is 454 g/mol. The predicted molar refractivity (Wildman–Crippen MR) is 137 cm³/mol. The van der Waals surface area contributed by atoms with Gasteiger partial charge in [-0.1, -0.05) is 38.0 Å². The Morgan fingerprint density at radius 3 is 2.41 bits per heavy atom. The fraction of sp³-hybridized carbons (Fsp3) is 0.640. The first kappa shape index (κ1) is 29.8. The highest BCUT2D eigenvalue weighted by Gasteiger charge is 2.36. The minimum absolute atomic E-state index is 0.00234. The Balaban J connectivity index is 3.33. The van der Waals surface area contributed by atoms with Gasteiger partial charge in [-0.2, -0.15) is 12.6 Å². The van der Waals surface area contributed by atoms with Crippen molar-refractivity contribution >= 4 is 30.5 Å². The van der Waals surface area contributed by atoms with E-state index in [1.807, 2.05) is 32.0 Å². The quantitative estimate of drug-likeness (QED) is 0.263. The minimum Gasteiger partial charge on any atom is -0.444 e. The number of rotatable bonds is 12. The third-order valence-electron chi connectivity index (χ3n) is 5.38. The maximum Gasteiger partial charge on any atom is 0.408 e. The molecular formula is C25H41N3O5S. The Morgan fingerprint density at radius 2 is 1.85 bits per heavy atom. The van der Waals surface area contributed by atoms with Gasteiger partial charge in [0.25, 0.3) is 0 Å². The number of aliphatic hydroxyl groups is 1. The number of carbonyl (C=O) groups is 3. The predicted octanol–water partition coefficient (Wildman–Crippen LogP) is 3.29. The van der Waals surface area contributed by atoms with Crippen LogP contribution in [0.3, 0.4) is 0 Å². The van der Waals surface area contributed by atoms with Crippen LogP contribution in [0.15, 0.2) is 18.2 Å². The Bertz CT molecular complexity index is 825. The van der Waals surface area contributed by atoms with Gasteiger partial charge in [-0.3, -0.25) is 9.59 Å². The van der Waals surface area contributed by atoms with E-state index in [4.69, 9.17) is 4.74 Å². The fourth-order valence-electron chi connectivity index (χ4n) is 3.51. The lowest BCUT2D eigenvalue weighted by atomic mass is 9.95. The van der Waals surface area contributed by atoms with Crippen LogP contribution >= 0.6 is 12.6 Å². The summed E-state index contributed by atoms with van der Waals surface area (Å²) in [6.07, 6.45) is 2.08. The molecule has 2 atom stereocenters. The zero-order valence-corrected chi connectivity index (χ0v) is 22.2. The molecule has 1 rings (SSSR count). The van der Waals surface area contributed by atoms with Gasteiger partial charge in [0.2, 0.25) is 11.8 Å². The number of alkyl carbamates (subject to hydrolysis) is 1. The Labute approximate surface area is 209 Å². The smallest absolute Gasteiger partial charge is 0.408 e. The summed E-state index contributed by atoms with van der Waals surface area (Å²) in [5.74, 6) is -0.858. The van der Waals surface area contributed by atoms with Crippen molar-refractivity contribution in [2.24, 2.45) is 0 Å². The van der Waals surface area contributed by atoms with Crippen LogP contribution in [-0.4, -0.2) is 65.0 Å². The van der Waals surface area contributed by atoms with Crippen molar-refractivity contribution in [2.75, 3.05) is 25.4 Å². The van der Waals surface area contributed by atoms with Gasteiger partial charge in [0.05, 0.1) is 6.61 Å². The standard InChI is InChI=1S/C25H41N3O5S/c1-7-8-9-13-26-22(30)21(19-12-10-11-17(2)18(19)3)28(14-15-29)23(31)20(16-34)27-24(32)33-25(4,5)6/h10-12,20-21,29,34H,7-9,13-16H2,1-6H3,(H,26,30)(H,27,32). The number of thiol groups is 1. The summed E-state index contributed by atoms with van der Waals surface area (Å²) in [7, 11) is 0. The third-order valence-corrected chi connectivity index (χ3v) is 5.74. The van der Waals surface area contributed by atoms with Crippen molar-refractivity contribution < 1.29 is 24.2 Å². The first-order valence-corrected chi connectivity index (χ1v) is 12.5. The molecule has 3 N–H and O–H groups in total. The monoisotopic (exact) mass is 495 g/mol. The third kappa shape index (κ3) is 9.18.